The van der Waals surface area contributed by atoms with E-state index < -0.39 is 65.6 Å². The van der Waals surface area contributed by atoms with Crippen molar-refractivity contribution in [3.63, 3.8) is 0 Å². The van der Waals surface area contributed by atoms with Crippen LogP contribution < -0.4 is 15.5 Å². The largest absolute Gasteiger partial charge is 0.457 e. The van der Waals surface area contributed by atoms with Crippen LogP contribution in [0.25, 0.3) is 0 Å². The van der Waals surface area contributed by atoms with Crippen LogP contribution in [0.1, 0.15) is 83.3 Å². The van der Waals surface area contributed by atoms with Gasteiger partial charge in [-0.15, -0.1) is 11.8 Å². The van der Waals surface area contributed by atoms with Gasteiger partial charge in [0.05, 0.1) is 28.5 Å². The first-order valence-corrected chi connectivity index (χ1v) is 23.6. The number of hydrogen-bond acceptors (Lipinski definition) is 13. The summed E-state index contributed by atoms with van der Waals surface area (Å²) in [5.74, 6) is -1.26. The Hall–Kier alpha value is -4.00. The number of esters is 1. The number of aliphatic hydroxyl groups is 1. The third-order valence-corrected chi connectivity index (χ3v) is 15.1. The Balaban J connectivity index is 1.08. The average molecular weight is 932 g/mol. The fraction of sp³-hybridized carbons (Fsp3) is 0.652. The van der Waals surface area contributed by atoms with E-state index >= 15 is 0 Å². The number of allylic oxidation sites excluding steroid dienone is 3. The van der Waals surface area contributed by atoms with Gasteiger partial charge in [-0.3, -0.25) is 29.4 Å². The molecule has 1 aromatic rings. The lowest BCUT2D eigenvalue weighted by molar-refractivity contribution is -0.159. The quantitative estimate of drug-likeness (QED) is 0.112. The molecule has 352 valence electrons. The molecule has 4 fully saturated rings. The number of carbonyl (C=O) groups excluding carboxylic acids is 6. The number of fused-ring (bicyclic) bond motifs is 5. The van der Waals surface area contributed by atoms with Gasteiger partial charge in [-0.05, 0) is 88.2 Å². The van der Waals surface area contributed by atoms with E-state index in [1.54, 1.807) is 33.2 Å². The van der Waals surface area contributed by atoms with E-state index in [0.29, 0.717) is 35.8 Å². The van der Waals surface area contributed by atoms with Gasteiger partial charge in [-0.2, -0.15) is 0 Å². The number of methoxy groups -OCH3 is 1. The fourth-order valence-electron chi connectivity index (χ4n) is 9.42. The molecule has 4 bridgehead atoms. The Bertz CT molecular complexity index is 2010. The molecule has 5 amide bonds. The molecule has 64 heavy (non-hydrogen) atoms. The highest BCUT2D eigenvalue weighted by molar-refractivity contribution is 8.00. The highest BCUT2D eigenvalue weighted by atomic mass is 35.5. The van der Waals surface area contributed by atoms with Crippen LogP contribution in [0, 0.1) is 24.7 Å². The van der Waals surface area contributed by atoms with Crippen LogP contribution in [0.2, 0.25) is 5.02 Å². The number of rotatable bonds is 12. The van der Waals surface area contributed by atoms with Crippen molar-refractivity contribution in [3.05, 3.63) is 52.1 Å². The predicted molar refractivity (Wildman–Crippen MR) is 239 cm³/mol. The standard InChI is InChI=1S/C46H63ClN4O12S/c1-26-10-8-11-35(59-7)46(58)23-33(61-44(57)49-46)28(3)41-45(4,63-41)36(22-37(52)50(6)32-20-30(18-26)19-27(2)40(32)47)62-39(54)25-60-16-9-17-64-34-21-38(53)51(43(34)56)24-29-12-14-31(15-13-29)42(55)48-5/h8,10-11,19-20,28-29,31,33-36,41,58H,9,12-18,21-25H2,1-7H3,(H,48,55)(H,49,57)/b11-8+,26-10+/t28-,29-,31-,33+,34?,35-,36+,41+,45+,46+/m1/s1. The summed E-state index contributed by atoms with van der Waals surface area (Å²) in [6.45, 7) is 7.50. The summed E-state index contributed by atoms with van der Waals surface area (Å²) in [7, 11) is 4.69. The second-order valence-electron chi connectivity index (χ2n) is 18.0. The van der Waals surface area contributed by atoms with Crippen molar-refractivity contribution in [2.24, 2.45) is 17.8 Å². The number of nitrogens with one attached hydrogen (secondary N) is 2. The van der Waals surface area contributed by atoms with Crippen LogP contribution >= 0.6 is 23.4 Å². The molecule has 6 rings (SSSR count). The maximum Gasteiger partial charge on any atom is 0.409 e. The highest BCUT2D eigenvalue weighted by Gasteiger charge is 2.64. The van der Waals surface area contributed by atoms with E-state index in [4.69, 9.17) is 35.3 Å². The zero-order valence-corrected chi connectivity index (χ0v) is 39.4. The van der Waals surface area contributed by atoms with Crippen molar-refractivity contribution in [3.8, 4) is 0 Å². The summed E-state index contributed by atoms with van der Waals surface area (Å²) in [6.07, 6.45) is 4.90. The summed E-state index contributed by atoms with van der Waals surface area (Å²) in [5, 5.41) is 16.9. The molecule has 4 aliphatic heterocycles. The summed E-state index contributed by atoms with van der Waals surface area (Å²) in [5.41, 5.74) is 0.133. The summed E-state index contributed by atoms with van der Waals surface area (Å²) >= 11 is 8.18. The van der Waals surface area contributed by atoms with Crippen LogP contribution in [-0.2, 0) is 54.1 Å². The second-order valence-corrected chi connectivity index (χ2v) is 19.7. The number of alkyl carbamates (subject to hydrolysis) is 1. The Labute approximate surface area is 384 Å². The van der Waals surface area contributed by atoms with Crippen LogP contribution in [0.4, 0.5) is 10.5 Å². The summed E-state index contributed by atoms with van der Waals surface area (Å²) in [4.78, 5) is 81.3. The molecule has 16 nitrogen and oxygen atoms in total. The molecule has 18 heteroatoms. The number of halogens is 1. The summed E-state index contributed by atoms with van der Waals surface area (Å²) in [6, 6.07) is 3.81. The number of epoxide rings is 1. The van der Waals surface area contributed by atoms with E-state index in [2.05, 4.69) is 10.6 Å². The number of anilines is 1. The smallest absolute Gasteiger partial charge is 0.409 e. The molecule has 3 saturated heterocycles. The third kappa shape index (κ3) is 11.5. The molecular weight excluding hydrogens is 868 g/mol. The molecule has 8 atom stereocenters. The maximum atomic E-state index is 14.1. The molecule has 3 N–H and O–H groups in total. The van der Waals surface area contributed by atoms with Gasteiger partial charge in [0.25, 0.3) is 0 Å². The topological polar surface area (TPSA) is 203 Å². The van der Waals surface area contributed by atoms with Crippen molar-refractivity contribution in [1.82, 2.24) is 15.5 Å². The fourth-order valence-corrected chi connectivity index (χ4v) is 10.8. The van der Waals surface area contributed by atoms with E-state index in [9.17, 15) is 33.9 Å². The first kappa shape index (κ1) is 49.4. The second kappa shape index (κ2) is 21.1. The van der Waals surface area contributed by atoms with Gasteiger partial charge in [0.15, 0.2) is 5.72 Å². The van der Waals surface area contributed by atoms with Crippen molar-refractivity contribution < 1.29 is 57.6 Å². The van der Waals surface area contributed by atoms with E-state index in [1.165, 1.54) is 28.7 Å². The Morgan fingerprint density at radius 1 is 1.09 bits per heavy atom. The Kier molecular flexibility index (Phi) is 16.3. The van der Waals surface area contributed by atoms with Crippen molar-refractivity contribution in [2.75, 3.05) is 51.6 Å². The molecule has 1 saturated carbocycles. The minimum Gasteiger partial charge on any atom is -0.457 e. The molecule has 1 aromatic carbocycles. The molecule has 1 aliphatic carbocycles. The lowest BCUT2D eigenvalue weighted by Gasteiger charge is -2.42. The number of carbonyl (C=O) groups is 6. The number of ether oxygens (including phenoxy) is 5. The molecular formula is C46H63ClN4O12S. The Morgan fingerprint density at radius 2 is 1.83 bits per heavy atom. The number of thioether (sulfide) groups is 1. The number of hydrogen-bond donors (Lipinski definition) is 3. The van der Waals surface area contributed by atoms with Gasteiger partial charge in [-0.25, -0.2) is 9.59 Å². The molecule has 1 unspecified atom stereocenters. The molecule has 0 spiro atoms. The van der Waals surface area contributed by atoms with Gasteiger partial charge < -0.3 is 39.0 Å². The van der Waals surface area contributed by atoms with Crippen molar-refractivity contribution in [1.29, 1.82) is 0 Å². The average Bonchev–Trinajstić information content (AvgIpc) is 3.88. The molecule has 0 radical (unpaired) electrons. The highest BCUT2D eigenvalue weighted by Crippen LogP contribution is 2.49. The van der Waals surface area contributed by atoms with Gasteiger partial charge in [0.1, 0.15) is 30.5 Å². The van der Waals surface area contributed by atoms with Gasteiger partial charge in [-0.1, -0.05) is 48.4 Å². The van der Waals surface area contributed by atoms with E-state index in [-0.39, 0.29) is 61.3 Å². The third-order valence-electron chi connectivity index (χ3n) is 13.3. The van der Waals surface area contributed by atoms with Crippen LogP contribution in [0.15, 0.2) is 35.9 Å². The Morgan fingerprint density at radius 3 is 2.53 bits per heavy atom. The zero-order valence-electron chi connectivity index (χ0n) is 37.8. The predicted octanol–water partition coefficient (Wildman–Crippen LogP) is 4.79. The monoisotopic (exact) mass is 930 g/mol. The number of imide groups is 1. The number of benzene rings is 1. The minimum absolute atomic E-state index is 0.0200. The number of amides is 5. The number of aryl methyl sites for hydroxylation is 1. The van der Waals surface area contributed by atoms with E-state index in [0.717, 1.165) is 42.4 Å². The lowest BCUT2D eigenvalue weighted by Crippen LogP contribution is -2.63. The molecule has 0 aromatic heterocycles. The normalized spacial score (nSPS) is 33.7. The van der Waals surface area contributed by atoms with Gasteiger partial charge in [0, 0.05) is 59.0 Å². The van der Waals surface area contributed by atoms with Gasteiger partial charge in [0.2, 0.25) is 23.6 Å². The van der Waals surface area contributed by atoms with E-state index in [1.807, 2.05) is 39.0 Å². The maximum absolute atomic E-state index is 14.1. The van der Waals surface area contributed by atoms with Gasteiger partial charge >= 0.3 is 12.1 Å². The minimum atomic E-state index is -1.82. The van der Waals surface area contributed by atoms with Crippen molar-refractivity contribution in [2.45, 2.75) is 126 Å². The number of likely N-dealkylation sites (tertiary alicyclic amines) is 1. The van der Waals surface area contributed by atoms with Crippen molar-refractivity contribution >= 4 is 64.7 Å². The number of nitrogens with zero attached hydrogens (tertiary/aromatic N) is 2. The molecule has 5 aliphatic rings. The first-order chi connectivity index (χ1) is 30.4. The van der Waals surface area contributed by atoms with Crippen LogP contribution in [0.5, 0.6) is 0 Å². The van der Waals surface area contributed by atoms with Crippen LogP contribution in [-0.4, -0.2) is 133 Å². The zero-order chi connectivity index (χ0) is 46.5. The SMILES string of the molecule is CNC(=O)[C@H]1CC[C@H](CN2C(=O)CC(SCCCOCC(=O)O[C@H]3CC(=O)N(C)c4cc(cc(C)c4Cl)C/C(C)=C/C=C/[C@@H](OC)[C@@]4(O)C[C@H](OC(=O)N4)[C@@H](C)[C@@H]4O[C@@]34C)C2=O)CC1. The summed E-state index contributed by atoms with van der Waals surface area (Å²) < 4.78 is 29.3. The lowest BCUT2D eigenvalue weighted by atomic mass is 9.81. The first-order valence-electron chi connectivity index (χ1n) is 22.1. The molecule has 4 heterocycles. The van der Waals surface area contributed by atoms with Crippen LogP contribution in [0.3, 0.4) is 0 Å².